The van der Waals surface area contributed by atoms with Gasteiger partial charge in [0, 0.05) is 12.8 Å². The lowest BCUT2D eigenvalue weighted by molar-refractivity contribution is -0.166. The molecule has 344 valence electrons. The fourth-order valence-electron chi connectivity index (χ4n) is 6.86. The van der Waals surface area contributed by atoms with E-state index in [2.05, 4.69) is 81.5 Å². The molecule has 0 fully saturated rings. The van der Waals surface area contributed by atoms with Crippen molar-refractivity contribution >= 4 is 17.9 Å². The first-order valence-electron chi connectivity index (χ1n) is 25.0. The van der Waals surface area contributed by atoms with Gasteiger partial charge in [0.1, 0.15) is 13.2 Å². The van der Waals surface area contributed by atoms with Crippen molar-refractivity contribution in [1.82, 2.24) is 0 Å². The van der Waals surface area contributed by atoms with Crippen molar-refractivity contribution in [3.63, 3.8) is 0 Å². The molecular weight excluding hydrogens is 745 g/mol. The van der Waals surface area contributed by atoms with Gasteiger partial charge < -0.3 is 14.2 Å². The number of hydrogen-bond acceptors (Lipinski definition) is 6. The minimum Gasteiger partial charge on any atom is -0.462 e. The number of allylic oxidation sites excluding steroid dienone is 11. The Morgan fingerprint density at radius 2 is 0.783 bits per heavy atom. The number of esters is 3. The molecule has 0 aromatic carbocycles. The smallest absolute Gasteiger partial charge is 0.309 e. The van der Waals surface area contributed by atoms with Crippen LogP contribution in [0.4, 0.5) is 0 Å². The lowest BCUT2D eigenvalue weighted by Crippen LogP contribution is -2.30. The van der Waals surface area contributed by atoms with Gasteiger partial charge in [-0.2, -0.15) is 0 Å². The van der Waals surface area contributed by atoms with Gasteiger partial charge in [0.05, 0.1) is 6.42 Å². The number of rotatable bonds is 44. The second kappa shape index (κ2) is 48.5. The van der Waals surface area contributed by atoms with Gasteiger partial charge in [-0.15, -0.1) is 0 Å². The summed E-state index contributed by atoms with van der Waals surface area (Å²) >= 11 is 0. The molecule has 1 unspecified atom stereocenters. The largest absolute Gasteiger partial charge is 0.462 e. The quantitative estimate of drug-likeness (QED) is 0.0200. The van der Waals surface area contributed by atoms with Crippen LogP contribution in [0.2, 0.25) is 0 Å². The highest BCUT2D eigenvalue weighted by Gasteiger charge is 2.19. The fraction of sp³-hybridized carbons (Fsp3) is 0.722. The molecule has 0 bridgehead atoms. The fourth-order valence-corrected chi connectivity index (χ4v) is 6.86. The van der Waals surface area contributed by atoms with Crippen LogP contribution in [0.1, 0.15) is 233 Å². The molecule has 0 saturated carbocycles. The third kappa shape index (κ3) is 45.9. The van der Waals surface area contributed by atoms with Crippen LogP contribution in [-0.2, 0) is 28.6 Å². The van der Waals surface area contributed by atoms with E-state index in [1.807, 2.05) is 6.08 Å². The van der Waals surface area contributed by atoms with Crippen molar-refractivity contribution in [3.8, 4) is 0 Å². The molecular formula is C54H92O6. The summed E-state index contributed by atoms with van der Waals surface area (Å²) in [5, 5.41) is 0. The van der Waals surface area contributed by atoms with E-state index in [1.54, 1.807) is 6.08 Å². The molecule has 0 aliphatic carbocycles. The summed E-state index contributed by atoms with van der Waals surface area (Å²) in [5.41, 5.74) is 0. The number of ether oxygens (including phenoxy) is 3. The number of hydrogen-bond donors (Lipinski definition) is 0. The summed E-state index contributed by atoms with van der Waals surface area (Å²) in [6.07, 6.45) is 60.7. The molecule has 6 heteroatoms. The van der Waals surface area contributed by atoms with Crippen molar-refractivity contribution in [3.05, 3.63) is 72.9 Å². The van der Waals surface area contributed by atoms with Gasteiger partial charge in [0.25, 0.3) is 0 Å². The molecule has 0 saturated heterocycles. The summed E-state index contributed by atoms with van der Waals surface area (Å²) in [6, 6.07) is 0. The summed E-state index contributed by atoms with van der Waals surface area (Å²) in [7, 11) is 0. The second-order valence-electron chi connectivity index (χ2n) is 16.4. The van der Waals surface area contributed by atoms with Gasteiger partial charge in [-0.25, -0.2) is 0 Å². The highest BCUT2D eigenvalue weighted by atomic mass is 16.6. The van der Waals surface area contributed by atoms with Gasteiger partial charge >= 0.3 is 17.9 Å². The average Bonchev–Trinajstić information content (AvgIpc) is 3.24. The molecule has 60 heavy (non-hydrogen) atoms. The van der Waals surface area contributed by atoms with Crippen LogP contribution in [-0.4, -0.2) is 37.2 Å². The molecule has 0 heterocycles. The standard InChI is InChI=1S/C54H92O6/c1-4-7-10-13-16-19-21-23-25-26-27-29-30-32-35-38-41-44-47-53(56)59-50-51(49-58-52(55)46-43-40-37-34-18-15-12-9-6-3)60-54(57)48-45-42-39-36-33-31-28-24-22-20-17-14-11-8-5-2/h8-9,11-12,14,17-18,20,22,34,40,43,51H,4-7,10,13,15-16,19,21,23-33,35-39,41-42,44-50H2,1-3H3/b11-8-,12-9-,17-14-,22-20-,34-18-,43-40-. The third-order valence-electron chi connectivity index (χ3n) is 10.6. The first kappa shape index (κ1) is 56.9. The van der Waals surface area contributed by atoms with E-state index in [0.29, 0.717) is 12.8 Å². The van der Waals surface area contributed by atoms with Gasteiger partial charge in [0.2, 0.25) is 0 Å². The van der Waals surface area contributed by atoms with Crippen LogP contribution < -0.4 is 0 Å². The molecule has 0 amide bonds. The van der Waals surface area contributed by atoms with Crippen LogP contribution in [0.25, 0.3) is 0 Å². The Bertz CT molecular complexity index is 1140. The summed E-state index contributed by atoms with van der Waals surface area (Å²) in [4.78, 5) is 37.8. The topological polar surface area (TPSA) is 78.9 Å². The van der Waals surface area contributed by atoms with Crippen molar-refractivity contribution < 1.29 is 28.6 Å². The lowest BCUT2D eigenvalue weighted by atomic mass is 10.0. The normalized spacial score (nSPS) is 12.7. The van der Waals surface area contributed by atoms with E-state index >= 15 is 0 Å². The highest BCUT2D eigenvalue weighted by molar-refractivity contribution is 5.72. The number of carbonyl (C=O) groups is 3. The van der Waals surface area contributed by atoms with Crippen LogP contribution in [0, 0.1) is 0 Å². The molecule has 1 atom stereocenters. The molecule has 0 aliphatic rings. The average molecular weight is 837 g/mol. The summed E-state index contributed by atoms with van der Waals surface area (Å²) in [5.74, 6) is -1.05. The van der Waals surface area contributed by atoms with E-state index < -0.39 is 12.1 Å². The van der Waals surface area contributed by atoms with E-state index in [4.69, 9.17) is 14.2 Å². The maximum atomic E-state index is 12.7. The van der Waals surface area contributed by atoms with Crippen LogP contribution in [0.5, 0.6) is 0 Å². The van der Waals surface area contributed by atoms with Gasteiger partial charge in [-0.1, -0.05) is 235 Å². The monoisotopic (exact) mass is 837 g/mol. The number of carbonyl (C=O) groups excluding carboxylic acids is 3. The second-order valence-corrected chi connectivity index (χ2v) is 16.4. The molecule has 0 aromatic rings. The first-order valence-corrected chi connectivity index (χ1v) is 25.0. The molecule has 0 aliphatic heterocycles. The third-order valence-corrected chi connectivity index (χ3v) is 10.6. The molecule has 0 radical (unpaired) electrons. The summed E-state index contributed by atoms with van der Waals surface area (Å²) < 4.78 is 16.6. The Balaban J connectivity index is 4.35. The van der Waals surface area contributed by atoms with E-state index in [9.17, 15) is 14.4 Å². The molecule has 0 N–H and O–H groups in total. The van der Waals surface area contributed by atoms with Crippen molar-refractivity contribution in [1.29, 1.82) is 0 Å². The zero-order valence-electron chi connectivity index (χ0n) is 39.2. The van der Waals surface area contributed by atoms with Crippen LogP contribution in [0.15, 0.2) is 72.9 Å². The minimum absolute atomic E-state index is 0.106. The summed E-state index contributed by atoms with van der Waals surface area (Å²) in [6.45, 7) is 6.29. The minimum atomic E-state index is -0.814. The Hall–Kier alpha value is -3.15. The maximum Gasteiger partial charge on any atom is 0.309 e. The van der Waals surface area contributed by atoms with Gasteiger partial charge in [-0.05, 0) is 51.4 Å². The van der Waals surface area contributed by atoms with Gasteiger partial charge in [-0.3, -0.25) is 14.4 Å². The van der Waals surface area contributed by atoms with E-state index in [-0.39, 0.29) is 31.6 Å². The van der Waals surface area contributed by atoms with E-state index in [1.165, 1.54) is 116 Å². The Kier molecular flexibility index (Phi) is 46.0. The molecule has 0 rings (SSSR count). The van der Waals surface area contributed by atoms with Crippen molar-refractivity contribution in [2.24, 2.45) is 0 Å². The Morgan fingerprint density at radius 3 is 1.28 bits per heavy atom. The zero-order valence-corrected chi connectivity index (χ0v) is 39.2. The Morgan fingerprint density at radius 1 is 0.383 bits per heavy atom. The van der Waals surface area contributed by atoms with Crippen molar-refractivity contribution in [2.75, 3.05) is 13.2 Å². The van der Waals surface area contributed by atoms with Crippen molar-refractivity contribution in [2.45, 2.75) is 239 Å². The Labute approximate surface area is 370 Å². The maximum absolute atomic E-state index is 12.7. The molecule has 0 aromatic heterocycles. The zero-order chi connectivity index (χ0) is 43.7. The van der Waals surface area contributed by atoms with Gasteiger partial charge in [0.15, 0.2) is 6.10 Å². The highest BCUT2D eigenvalue weighted by Crippen LogP contribution is 2.16. The molecule has 0 spiro atoms. The SMILES string of the molecule is CC\C=C/C=C\C=C/CCCCCCCCCC(=O)OC(COC(=O)C/C=C\C/C=C\C/C=C\CC)COC(=O)CCCCCCCCCCCCCCCCCCCC. The van der Waals surface area contributed by atoms with Crippen LogP contribution in [0.3, 0.4) is 0 Å². The van der Waals surface area contributed by atoms with Crippen LogP contribution >= 0.6 is 0 Å². The predicted molar refractivity (Wildman–Crippen MR) is 256 cm³/mol. The number of unbranched alkanes of at least 4 members (excludes halogenated alkanes) is 24. The molecule has 6 nitrogen and oxygen atoms in total. The predicted octanol–water partition coefficient (Wildman–Crippen LogP) is 16.3. The van der Waals surface area contributed by atoms with E-state index in [0.717, 1.165) is 77.0 Å². The lowest BCUT2D eigenvalue weighted by Gasteiger charge is -2.18. The first-order chi connectivity index (χ1) is 29.5.